The number of aromatic nitrogens is 2. The molecule has 1 fully saturated rings. The number of nitrogens with one attached hydrogen (secondary N) is 1. The first kappa shape index (κ1) is 7.61. The summed E-state index contributed by atoms with van der Waals surface area (Å²) in [4.78, 5) is 0. The van der Waals surface area contributed by atoms with Crippen LogP contribution in [0.3, 0.4) is 0 Å². The van der Waals surface area contributed by atoms with Crippen molar-refractivity contribution in [2.45, 2.75) is 25.4 Å². The summed E-state index contributed by atoms with van der Waals surface area (Å²) in [5, 5.41) is 7.54. The van der Waals surface area contributed by atoms with Crippen LogP contribution < -0.4 is 11.1 Å². The van der Waals surface area contributed by atoms with Gasteiger partial charge in [-0.1, -0.05) is 0 Å². The van der Waals surface area contributed by atoms with Crippen molar-refractivity contribution in [3.8, 4) is 0 Å². The average molecular weight is 166 g/mol. The van der Waals surface area contributed by atoms with E-state index in [1.165, 1.54) is 12.8 Å². The van der Waals surface area contributed by atoms with Gasteiger partial charge in [-0.15, -0.1) is 0 Å². The van der Waals surface area contributed by atoms with E-state index in [1.54, 1.807) is 6.20 Å². The minimum absolute atomic E-state index is 0.562. The zero-order valence-corrected chi connectivity index (χ0v) is 7.03. The lowest BCUT2D eigenvalue weighted by Gasteiger charge is -2.10. The molecule has 1 aliphatic rings. The van der Waals surface area contributed by atoms with E-state index in [0.29, 0.717) is 6.04 Å². The van der Waals surface area contributed by atoms with Crippen molar-refractivity contribution in [1.29, 1.82) is 0 Å². The van der Waals surface area contributed by atoms with Crippen molar-refractivity contribution >= 4 is 5.82 Å². The first-order valence-electron chi connectivity index (χ1n) is 4.37. The SMILES string of the molecule is Nc1ccnn1C[C@H]1CCCN1. The first-order chi connectivity index (χ1) is 5.86. The van der Waals surface area contributed by atoms with Gasteiger partial charge in [-0.25, -0.2) is 4.68 Å². The lowest BCUT2D eigenvalue weighted by Crippen LogP contribution is -2.27. The molecule has 0 amide bonds. The molecule has 2 heterocycles. The number of nitrogens with two attached hydrogens (primary N) is 1. The second kappa shape index (κ2) is 3.15. The molecule has 0 bridgehead atoms. The van der Waals surface area contributed by atoms with Crippen LogP contribution in [0.2, 0.25) is 0 Å². The van der Waals surface area contributed by atoms with E-state index < -0.39 is 0 Å². The van der Waals surface area contributed by atoms with E-state index >= 15 is 0 Å². The van der Waals surface area contributed by atoms with Crippen LogP contribution in [0, 0.1) is 0 Å². The van der Waals surface area contributed by atoms with Gasteiger partial charge in [0.2, 0.25) is 0 Å². The van der Waals surface area contributed by atoms with Gasteiger partial charge in [0.15, 0.2) is 0 Å². The van der Waals surface area contributed by atoms with E-state index in [2.05, 4.69) is 10.4 Å². The number of nitrogen functional groups attached to an aromatic ring is 1. The highest BCUT2D eigenvalue weighted by Gasteiger charge is 2.15. The van der Waals surface area contributed by atoms with Crippen LogP contribution in [0.5, 0.6) is 0 Å². The third-order valence-electron chi connectivity index (χ3n) is 2.31. The van der Waals surface area contributed by atoms with Crippen LogP contribution in [0.1, 0.15) is 12.8 Å². The maximum Gasteiger partial charge on any atom is 0.121 e. The summed E-state index contributed by atoms with van der Waals surface area (Å²) in [6.07, 6.45) is 4.25. The molecular formula is C8H14N4. The predicted octanol–water partition coefficient (Wildman–Crippen LogP) is 0.217. The van der Waals surface area contributed by atoms with Crippen molar-refractivity contribution in [3.05, 3.63) is 12.3 Å². The molecule has 1 saturated heterocycles. The Morgan fingerprint density at radius 2 is 2.67 bits per heavy atom. The van der Waals surface area contributed by atoms with E-state index in [9.17, 15) is 0 Å². The minimum Gasteiger partial charge on any atom is -0.384 e. The van der Waals surface area contributed by atoms with Crippen LogP contribution in [0.25, 0.3) is 0 Å². The largest absolute Gasteiger partial charge is 0.384 e. The van der Waals surface area contributed by atoms with E-state index in [-0.39, 0.29) is 0 Å². The van der Waals surface area contributed by atoms with Crippen LogP contribution in [0.15, 0.2) is 12.3 Å². The Hall–Kier alpha value is -1.03. The van der Waals surface area contributed by atoms with Gasteiger partial charge in [0.25, 0.3) is 0 Å². The molecule has 12 heavy (non-hydrogen) atoms. The highest BCUT2D eigenvalue weighted by Crippen LogP contribution is 2.09. The Morgan fingerprint density at radius 1 is 1.75 bits per heavy atom. The predicted molar refractivity (Wildman–Crippen MR) is 47.7 cm³/mol. The number of nitrogens with zero attached hydrogens (tertiary/aromatic N) is 2. The molecule has 66 valence electrons. The number of hydrogen-bond donors (Lipinski definition) is 2. The summed E-state index contributed by atoms with van der Waals surface area (Å²) in [6.45, 7) is 2.03. The quantitative estimate of drug-likeness (QED) is 0.660. The molecule has 0 radical (unpaired) electrons. The van der Waals surface area contributed by atoms with Gasteiger partial charge in [-0.05, 0) is 25.5 Å². The molecule has 1 aromatic rings. The molecule has 2 rings (SSSR count). The second-order valence-electron chi connectivity index (χ2n) is 3.23. The second-order valence-corrected chi connectivity index (χ2v) is 3.23. The third kappa shape index (κ3) is 1.43. The Labute approximate surface area is 71.7 Å². The molecule has 0 saturated carbocycles. The first-order valence-corrected chi connectivity index (χ1v) is 4.37. The lowest BCUT2D eigenvalue weighted by molar-refractivity contribution is 0.481. The molecule has 0 aromatic carbocycles. The topological polar surface area (TPSA) is 55.9 Å². The summed E-state index contributed by atoms with van der Waals surface area (Å²) >= 11 is 0. The van der Waals surface area contributed by atoms with Crippen molar-refractivity contribution in [2.24, 2.45) is 0 Å². The highest BCUT2D eigenvalue weighted by molar-refractivity contribution is 5.25. The Balaban J connectivity index is 1.98. The summed E-state index contributed by atoms with van der Waals surface area (Å²) < 4.78 is 1.85. The van der Waals surface area contributed by atoms with Crippen LogP contribution >= 0.6 is 0 Å². The zero-order valence-electron chi connectivity index (χ0n) is 7.03. The fourth-order valence-corrected chi connectivity index (χ4v) is 1.62. The summed E-state index contributed by atoms with van der Waals surface area (Å²) in [5.41, 5.74) is 5.69. The molecule has 1 atom stereocenters. The van der Waals surface area contributed by atoms with Crippen molar-refractivity contribution < 1.29 is 0 Å². The highest BCUT2D eigenvalue weighted by atomic mass is 15.3. The summed E-state index contributed by atoms with van der Waals surface area (Å²) in [6, 6.07) is 2.39. The molecule has 3 N–H and O–H groups in total. The zero-order chi connectivity index (χ0) is 8.39. The van der Waals surface area contributed by atoms with Crippen LogP contribution in [-0.2, 0) is 6.54 Å². The number of anilines is 1. The molecule has 4 heteroatoms. The van der Waals surface area contributed by atoms with E-state index in [4.69, 9.17) is 5.73 Å². The van der Waals surface area contributed by atoms with Crippen molar-refractivity contribution in [3.63, 3.8) is 0 Å². The molecule has 0 unspecified atom stereocenters. The summed E-state index contributed by atoms with van der Waals surface area (Å²) in [7, 11) is 0. The molecule has 0 spiro atoms. The maximum atomic E-state index is 5.69. The summed E-state index contributed by atoms with van der Waals surface area (Å²) in [5.74, 6) is 0.753. The van der Waals surface area contributed by atoms with Gasteiger partial charge in [-0.3, -0.25) is 0 Å². The minimum atomic E-state index is 0.562. The van der Waals surface area contributed by atoms with Crippen LogP contribution in [-0.4, -0.2) is 22.4 Å². The Kier molecular flexibility index (Phi) is 1.99. The van der Waals surface area contributed by atoms with Gasteiger partial charge < -0.3 is 11.1 Å². The number of hydrogen-bond acceptors (Lipinski definition) is 3. The van der Waals surface area contributed by atoms with Gasteiger partial charge in [0.1, 0.15) is 5.82 Å². The molecular weight excluding hydrogens is 152 g/mol. The smallest absolute Gasteiger partial charge is 0.121 e. The van der Waals surface area contributed by atoms with Gasteiger partial charge in [-0.2, -0.15) is 5.10 Å². The van der Waals surface area contributed by atoms with Gasteiger partial charge >= 0.3 is 0 Å². The standard InChI is InChI=1S/C8H14N4/c9-8-3-5-11-12(8)6-7-2-1-4-10-7/h3,5,7,10H,1-2,4,6,9H2/t7-/m1/s1. The van der Waals surface area contributed by atoms with Crippen molar-refractivity contribution in [1.82, 2.24) is 15.1 Å². The maximum absolute atomic E-state index is 5.69. The Bertz CT molecular complexity index is 249. The van der Waals surface area contributed by atoms with Crippen molar-refractivity contribution in [2.75, 3.05) is 12.3 Å². The van der Waals surface area contributed by atoms with E-state index in [0.717, 1.165) is 18.9 Å². The fraction of sp³-hybridized carbons (Fsp3) is 0.625. The van der Waals surface area contributed by atoms with Gasteiger partial charge in [0.05, 0.1) is 12.7 Å². The molecule has 4 nitrogen and oxygen atoms in total. The average Bonchev–Trinajstić information content (AvgIpc) is 2.65. The van der Waals surface area contributed by atoms with E-state index in [1.807, 2.05) is 10.7 Å². The monoisotopic (exact) mass is 166 g/mol. The molecule has 1 aliphatic heterocycles. The van der Waals surface area contributed by atoms with Gasteiger partial charge in [0, 0.05) is 6.04 Å². The number of rotatable bonds is 2. The van der Waals surface area contributed by atoms with Crippen LogP contribution in [0.4, 0.5) is 5.82 Å². The fourth-order valence-electron chi connectivity index (χ4n) is 1.62. The normalized spacial score (nSPS) is 23.2. The molecule has 0 aliphatic carbocycles. The Morgan fingerprint density at radius 3 is 3.25 bits per heavy atom. The third-order valence-corrected chi connectivity index (χ3v) is 2.31. The lowest BCUT2D eigenvalue weighted by atomic mass is 10.2. The molecule has 1 aromatic heterocycles.